The van der Waals surface area contributed by atoms with Crippen molar-refractivity contribution in [2.45, 2.75) is 31.8 Å². The van der Waals surface area contributed by atoms with Crippen molar-refractivity contribution in [2.24, 2.45) is 0 Å². The molecular weight excluding hydrogens is 198 g/mol. The first-order chi connectivity index (χ1) is 7.65. The second-order valence-electron chi connectivity index (χ2n) is 4.88. The van der Waals surface area contributed by atoms with E-state index in [-0.39, 0.29) is 0 Å². The predicted octanol–water partition coefficient (Wildman–Crippen LogP) is 2.61. The van der Waals surface area contributed by atoms with Crippen LogP contribution in [0.2, 0.25) is 0 Å². The van der Waals surface area contributed by atoms with Crippen LogP contribution in [0, 0.1) is 6.92 Å². The molecule has 0 atom stereocenters. The molecule has 1 aliphatic rings. The summed E-state index contributed by atoms with van der Waals surface area (Å²) in [6.45, 7) is 2.00. The van der Waals surface area contributed by atoms with E-state index in [1.54, 1.807) is 0 Å². The van der Waals surface area contributed by atoms with Crippen LogP contribution in [0.1, 0.15) is 24.1 Å². The molecular formula is C14H15NO. The van der Waals surface area contributed by atoms with Crippen molar-refractivity contribution in [1.82, 2.24) is 4.98 Å². The summed E-state index contributed by atoms with van der Waals surface area (Å²) in [6, 6.07) is 10.4. The van der Waals surface area contributed by atoms with E-state index >= 15 is 0 Å². The molecule has 1 saturated carbocycles. The Morgan fingerprint density at radius 3 is 2.81 bits per heavy atom. The van der Waals surface area contributed by atoms with E-state index < -0.39 is 5.60 Å². The second-order valence-corrected chi connectivity index (χ2v) is 4.88. The van der Waals surface area contributed by atoms with Crippen molar-refractivity contribution >= 4 is 10.9 Å². The number of fused-ring (bicyclic) bond motifs is 1. The van der Waals surface area contributed by atoms with E-state index in [4.69, 9.17) is 0 Å². The molecule has 0 unspecified atom stereocenters. The van der Waals surface area contributed by atoms with E-state index in [1.807, 2.05) is 19.1 Å². The van der Waals surface area contributed by atoms with Gasteiger partial charge in [-0.3, -0.25) is 4.98 Å². The first-order valence-electron chi connectivity index (χ1n) is 5.73. The molecule has 1 fully saturated rings. The van der Waals surface area contributed by atoms with Gasteiger partial charge in [-0.15, -0.1) is 0 Å². The van der Waals surface area contributed by atoms with Gasteiger partial charge in [0.25, 0.3) is 0 Å². The summed E-state index contributed by atoms with van der Waals surface area (Å²) < 4.78 is 0. The molecule has 0 bridgehead atoms. The molecule has 1 N–H and O–H groups in total. The zero-order chi connectivity index (χ0) is 11.2. The van der Waals surface area contributed by atoms with Crippen molar-refractivity contribution in [3.8, 4) is 0 Å². The van der Waals surface area contributed by atoms with Crippen LogP contribution in [0.15, 0.2) is 30.3 Å². The lowest BCUT2D eigenvalue weighted by atomic mass is 10.0. The largest absolute Gasteiger partial charge is 0.390 e. The normalized spacial score (nSPS) is 17.6. The van der Waals surface area contributed by atoms with E-state index in [1.165, 1.54) is 5.56 Å². The van der Waals surface area contributed by atoms with Crippen LogP contribution in [-0.2, 0) is 6.42 Å². The zero-order valence-corrected chi connectivity index (χ0v) is 9.40. The van der Waals surface area contributed by atoms with Gasteiger partial charge in [0.1, 0.15) is 0 Å². The van der Waals surface area contributed by atoms with Gasteiger partial charge in [-0.2, -0.15) is 0 Å². The van der Waals surface area contributed by atoms with Crippen LogP contribution in [0.5, 0.6) is 0 Å². The molecule has 2 nitrogen and oxygen atoms in total. The maximum absolute atomic E-state index is 9.88. The summed E-state index contributed by atoms with van der Waals surface area (Å²) in [5.41, 5.74) is 2.87. The van der Waals surface area contributed by atoms with Gasteiger partial charge in [0.2, 0.25) is 0 Å². The Hall–Kier alpha value is -1.41. The highest BCUT2D eigenvalue weighted by Crippen LogP contribution is 2.38. The van der Waals surface area contributed by atoms with E-state index in [9.17, 15) is 5.11 Å². The average molecular weight is 213 g/mol. The molecule has 0 amide bonds. The number of aliphatic hydroxyl groups is 1. The van der Waals surface area contributed by atoms with Crippen molar-refractivity contribution < 1.29 is 5.11 Å². The molecule has 1 heterocycles. The molecule has 82 valence electrons. The lowest BCUT2D eigenvalue weighted by molar-refractivity contribution is 0.151. The van der Waals surface area contributed by atoms with Gasteiger partial charge >= 0.3 is 0 Å². The topological polar surface area (TPSA) is 33.1 Å². The van der Waals surface area contributed by atoms with Crippen molar-refractivity contribution in [1.29, 1.82) is 0 Å². The molecule has 0 aliphatic heterocycles. The third kappa shape index (κ3) is 1.81. The minimum absolute atomic E-state index is 0.411. The van der Waals surface area contributed by atoms with E-state index in [0.717, 1.165) is 35.9 Å². The van der Waals surface area contributed by atoms with E-state index in [2.05, 4.69) is 23.2 Å². The highest BCUT2D eigenvalue weighted by atomic mass is 16.3. The number of aryl methyl sites for hydroxylation is 1. The maximum Gasteiger partial charge on any atom is 0.0705 e. The number of pyridine rings is 1. The number of benzene rings is 1. The Labute approximate surface area is 94.9 Å². The highest BCUT2D eigenvalue weighted by molar-refractivity contribution is 5.79. The smallest absolute Gasteiger partial charge is 0.0705 e. The molecule has 1 aromatic heterocycles. The van der Waals surface area contributed by atoms with Gasteiger partial charge in [-0.25, -0.2) is 0 Å². The average Bonchev–Trinajstić information content (AvgIpc) is 2.96. The maximum atomic E-state index is 9.88. The Balaban J connectivity index is 1.99. The zero-order valence-electron chi connectivity index (χ0n) is 9.40. The monoisotopic (exact) mass is 213 g/mol. The van der Waals surface area contributed by atoms with Gasteiger partial charge in [-0.05, 0) is 43.5 Å². The van der Waals surface area contributed by atoms with Crippen LogP contribution in [0.3, 0.4) is 0 Å². The van der Waals surface area contributed by atoms with Gasteiger partial charge < -0.3 is 5.11 Å². The molecule has 2 heteroatoms. The first kappa shape index (κ1) is 9.79. The van der Waals surface area contributed by atoms with Crippen molar-refractivity contribution in [3.63, 3.8) is 0 Å². The minimum atomic E-state index is -0.411. The molecule has 1 aliphatic carbocycles. The minimum Gasteiger partial charge on any atom is -0.390 e. The van der Waals surface area contributed by atoms with Crippen LogP contribution in [-0.4, -0.2) is 15.7 Å². The summed E-state index contributed by atoms with van der Waals surface area (Å²) in [4.78, 5) is 4.47. The Morgan fingerprint density at radius 1 is 1.25 bits per heavy atom. The lowest BCUT2D eigenvalue weighted by Gasteiger charge is -2.08. The first-order valence-corrected chi connectivity index (χ1v) is 5.73. The van der Waals surface area contributed by atoms with E-state index in [0.29, 0.717) is 0 Å². The number of hydrogen-bond donors (Lipinski definition) is 1. The fourth-order valence-corrected chi connectivity index (χ4v) is 2.09. The fraction of sp³-hybridized carbons (Fsp3) is 0.357. The predicted molar refractivity (Wildman–Crippen MR) is 64.4 cm³/mol. The van der Waals surface area contributed by atoms with Crippen LogP contribution >= 0.6 is 0 Å². The third-order valence-corrected chi connectivity index (χ3v) is 3.25. The summed E-state index contributed by atoms with van der Waals surface area (Å²) in [6.07, 6.45) is 2.66. The lowest BCUT2D eigenvalue weighted by Crippen LogP contribution is -2.10. The molecule has 0 radical (unpaired) electrons. The van der Waals surface area contributed by atoms with Crippen molar-refractivity contribution in [3.05, 3.63) is 41.6 Å². The molecule has 1 aromatic carbocycles. The Morgan fingerprint density at radius 2 is 2.06 bits per heavy atom. The number of rotatable bonds is 2. The number of nitrogens with zero attached hydrogens (tertiary/aromatic N) is 1. The quantitative estimate of drug-likeness (QED) is 0.831. The van der Waals surface area contributed by atoms with Gasteiger partial charge in [0.15, 0.2) is 0 Å². The highest BCUT2D eigenvalue weighted by Gasteiger charge is 2.40. The van der Waals surface area contributed by atoms with Crippen LogP contribution in [0.4, 0.5) is 0 Å². The standard InChI is InChI=1S/C14H15NO/c1-10-2-4-12-8-11(3-5-13(12)15-10)9-14(16)6-7-14/h2-5,8,16H,6-7,9H2,1H3. The van der Waals surface area contributed by atoms with Gasteiger partial charge in [0.05, 0.1) is 11.1 Å². The summed E-state index contributed by atoms with van der Waals surface area (Å²) in [5, 5.41) is 11.0. The summed E-state index contributed by atoms with van der Waals surface area (Å²) >= 11 is 0. The summed E-state index contributed by atoms with van der Waals surface area (Å²) in [7, 11) is 0. The molecule has 0 spiro atoms. The summed E-state index contributed by atoms with van der Waals surface area (Å²) in [5.74, 6) is 0. The fourth-order valence-electron chi connectivity index (χ4n) is 2.09. The SMILES string of the molecule is Cc1ccc2cc(CC3(O)CC3)ccc2n1. The third-order valence-electron chi connectivity index (χ3n) is 3.25. The number of hydrogen-bond acceptors (Lipinski definition) is 2. The van der Waals surface area contributed by atoms with Gasteiger partial charge in [0, 0.05) is 17.5 Å². The molecule has 2 aromatic rings. The molecule has 0 saturated heterocycles. The Bertz CT molecular complexity index is 543. The van der Waals surface area contributed by atoms with Gasteiger partial charge in [-0.1, -0.05) is 12.1 Å². The molecule has 3 rings (SSSR count). The van der Waals surface area contributed by atoms with Crippen molar-refractivity contribution in [2.75, 3.05) is 0 Å². The van der Waals surface area contributed by atoms with Crippen LogP contribution in [0.25, 0.3) is 10.9 Å². The van der Waals surface area contributed by atoms with Crippen LogP contribution < -0.4 is 0 Å². The Kier molecular flexibility index (Phi) is 2.01. The number of aromatic nitrogens is 1. The molecule has 16 heavy (non-hydrogen) atoms. The second kappa shape index (κ2) is 3.29.